The molecule has 36 heavy (non-hydrogen) atoms. The third-order valence-electron chi connectivity index (χ3n) is 6.41. The Bertz CT molecular complexity index is 1270. The van der Waals surface area contributed by atoms with Crippen LogP contribution in [0.1, 0.15) is 65.8 Å². The quantitative estimate of drug-likeness (QED) is 0.451. The van der Waals surface area contributed by atoms with Crippen molar-refractivity contribution >= 4 is 28.9 Å². The summed E-state index contributed by atoms with van der Waals surface area (Å²) in [7, 11) is 0. The zero-order chi connectivity index (χ0) is 25.5. The van der Waals surface area contributed by atoms with Crippen LogP contribution in [0, 0.1) is 17.2 Å². The summed E-state index contributed by atoms with van der Waals surface area (Å²) in [5.74, 6) is 0.191. The van der Waals surface area contributed by atoms with E-state index >= 15 is 0 Å². The minimum Gasteiger partial charge on any atom is -0.382 e. The maximum Gasteiger partial charge on any atom is 0.258 e. The fraction of sp³-hybridized carbons (Fsp3) is 0.444. The molecule has 1 aliphatic heterocycles. The minimum atomic E-state index is -0.366. The van der Waals surface area contributed by atoms with E-state index < -0.39 is 0 Å². The number of carbonyl (C=O) groups is 2. The Morgan fingerprint density at radius 1 is 1.19 bits per heavy atom. The molecule has 9 nitrogen and oxygen atoms in total. The Balaban J connectivity index is 1.64. The van der Waals surface area contributed by atoms with E-state index in [1.54, 1.807) is 36.5 Å². The third-order valence-corrected chi connectivity index (χ3v) is 6.41. The van der Waals surface area contributed by atoms with Crippen molar-refractivity contribution in [2.75, 3.05) is 31.6 Å². The van der Waals surface area contributed by atoms with Crippen LogP contribution >= 0.6 is 0 Å². The lowest BCUT2D eigenvalue weighted by atomic mass is 10.1. The van der Waals surface area contributed by atoms with Gasteiger partial charge in [0, 0.05) is 44.6 Å². The predicted octanol–water partition coefficient (Wildman–Crippen LogP) is 4.24. The molecule has 1 unspecified atom stereocenters. The number of nitrogens with zero attached hydrogens (tertiary/aromatic N) is 5. The normalized spacial score (nSPS) is 14.4. The van der Waals surface area contributed by atoms with Crippen LogP contribution in [0.15, 0.2) is 36.5 Å². The lowest BCUT2D eigenvalue weighted by Crippen LogP contribution is -2.35. The molecule has 3 heterocycles. The summed E-state index contributed by atoms with van der Waals surface area (Å²) in [5, 5.41) is 12.1. The molecule has 4 rings (SSSR count). The van der Waals surface area contributed by atoms with Crippen LogP contribution in [0.5, 0.6) is 0 Å². The molecule has 1 atom stereocenters. The minimum absolute atomic E-state index is 0.0392. The molecule has 1 N–H and O–H groups in total. The smallest absolute Gasteiger partial charge is 0.258 e. The highest BCUT2D eigenvalue weighted by atomic mass is 16.5. The van der Waals surface area contributed by atoms with E-state index in [4.69, 9.17) is 4.74 Å². The van der Waals surface area contributed by atoms with Gasteiger partial charge in [-0.15, -0.1) is 0 Å². The molecule has 0 bridgehead atoms. The summed E-state index contributed by atoms with van der Waals surface area (Å²) in [6.07, 6.45) is 5.62. The number of ether oxygens (including phenoxy) is 1. The topological polar surface area (TPSA) is 113 Å². The van der Waals surface area contributed by atoms with Gasteiger partial charge in [-0.2, -0.15) is 5.26 Å². The van der Waals surface area contributed by atoms with E-state index in [-0.39, 0.29) is 17.7 Å². The molecule has 0 aliphatic carbocycles. The van der Waals surface area contributed by atoms with E-state index in [1.165, 1.54) is 0 Å². The number of benzene rings is 1. The number of fused-ring (bicyclic) bond motifs is 1. The molecule has 2 amide bonds. The van der Waals surface area contributed by atoms with Crippen LogP contribution in [0.25, 0.3) is 11.2 Å². The molecule has 0 radical (unpaired) electrons. The van der Waals surface area contributed by atoms with E-state index in [0.29, 0.717) is 53.6 Å². The molecule has 1 aliphatic rings. The van der Waals surface area contributed by atoms with E-state index in [2.05, 4.69) is 28.3 Å². The number of piperidine rings is 1. The number of carbonyl (C=O) groups excluding carboxylic acids is 2. The highest BCUT2D eigenvalue weighted by molar-refractivity contribution is 6.04. The monoisotopic (exact) mass is 488 g/mol. The van der Waals surface area contributed by atoms with Crippen LogP contribution < -0.4 is 5.32 Å². The number of hydrogen-bond donors (Lipinski definition) is 1. The van der Waals surface area contributed by atoms with E-state index in [0.717, 1.165) is 38.8 Å². The van der Waals surface area contributed by atoms with Crippen molar-refractivity contribution in [2.24, 2.45) is 5.92 Å². The molecule has 1 aromatic carbocycles. The number of amides is 2. The lowest BCUT2D eigenvalue weighted by molar-refractivity contribution is 0.0724. The summed E-state index contributed by atoms with van der Waals surface area (Å²) in [6, 6.07) is 10.3. The van der Waals surface area contributed by atoms with Crippen molar-refractivity contribution in [3.63, 3.8) is 0 Å². The fourth-order valence-corrected chi connectivity index (χ4v) is 4.41. The zero-order valence-electron chi connectivity index (χ0n) is 20.9. The van der Waals surface area contributed by atoms with Crippen LogP contribution in [-0.2, 0) is 11.3 Å². The van der Waals surface area contributed by atoms with Crippen molar-refractivity contribution in [3.8, 4) is 6.07 Å². The van der Waals surface area contributed by atoms with Gasteiger partial charge in [0.25, 0.3) is 11.8 Å². The highest BCUT2D eigenvalue weighted by Crippen LogP contribution is 2.23. The summed E-state index contributed by atoms with van der Waals surface area (Å²) in [6.45, 7) is 7.48. The molecule has 2 aromatic heterocycles. The highest BCUT2D eigenvalue weighted by Gasteiger charge is 2.22. The Kier molecular flexibility index (Phi) is 8.28. The third kappa shape index (κ3) is 5.89. The Morgan fingerprint density at radius 3 is 2.75 bits per heavy atom. The van der Waals surface area contributed by atoms with Gasteiger partial charge in [0.15, 0.2) is 5.65 Å². The summed E-state index contributed by atoms with van der Waals surface area (Å²) in [4.78, 5) is 37.2. The molecular weight excluding hydrogens is 456 g/mol. The van der Waals surface area contributed by atoms with Crippen molar-refractivity contribution in [1.82, 2.24) is 19.4 Å². The van der Waals surface area contributed by atoms with Gasteiger partial charge in [0.2, 0.25) is 5.95 Å². The van der Waals surface area contributed by atoms with Crippen molar-refractivity contribution < 1.29 is 14.3 Å². The van der Waals surface area contributed by atoms with Crippen LogP contribution in [0.2, 0.25) is 0 Å². The van der Waals surface area contributed by atoms with Gasteiger partial charge in [0.05, 0.1) is 17.2 Å². The van der Waals surface area contributed by atoms with Gasteiger partial charge in [0.1, 0.15) is 5.52 Å². The molecule has 0 spiro atoms. The SMILES string of the molecule is CCOCCC(C)Cn1c(NC(=O)c2cccc(C#N)c2)nc2cc(C(=O)N3CCCCC3)cnc21. The second kappa shape index (κ2) is 11.8. The van der Waals surface area contributed by atoms with Gasteiger partial charge in [-0.25, -0.2) is 9.97 Å². The van der Waals surface area contributed by atoms with E-state index in [1.807, 2.05) is 16.4 Å². The average molecular weight is 489 g/mol. The number of nitriles is 1. The van der Waals surface area contributed by atoms with Crippen molar-refractivity contribution in [2.45, 2.75) is 46.1 Å². The zero-order valence-corrected chi connectivity index (χ0v) is 20.9. The van der Waals surface area contributed by atoms with Crippen LogP contribution in [0.3, 0.4) is 0 Å². The first-order valence-electron chi connectivity index (χ1n) is 12.5. The second-order valence-electron chi connectivity index (χ2n) is 9.20. The molecule has 9 heteroatoms. The second-order valence-corrected chi connectivity index (χ2v) is 9.20. The van der Waals surface area contributed by atoms with Gasteiger partial charge in [-0.05, 0) is 62.8 Å². The predicted molar refractivity (Wildman–Crippen MR) is 137 cm³/mol. The van der Waals surface area contributed by atoms with E-state index in [9.17, 15) is 14.9 Å². The maximum atomic E-state index is 13.0. The maximum absolute atomic E-state index is 13.0. The number of hydrogen-bond acceptors (Lipinski definition) is 6. The summed E-state index contributed by atoms with van der Waals surface area (Å²) < 4.78 is 7.39. The first-order valence-corrected chi connectivity index (χ1v) is 12.5. The number of aromatic nitrogens is 3. The number of nitrogens with one attached hydrogen (secondary N) is 1. The Morgan fingerprint density at radius 2 is 2.00 bits per heavy atom. The first kappa shape index (κ1) is 25.3. The number of rotatable bonds is 9. The molecule has 188 valence electrons. The Hall–Kier alpha value is -3.77. The van der Waals surface area contributed by atoms with Gasteiger partial charge >= 0.3 is 0 Å². The molecule has 1 saturated heterocycles. The standard InChI is InChI=1S/C27H32N6O3/c1-3-36-13-10-19(2)18-33-24-23(15-22(17-29-24)26(35)32-11-5-4-6-12-32)30-27(33)31-25(34)21-9-7-8-20(14-21)16-28/h7-9,14-15,17,19H,3-6,10-13,18H2,1-2H3,(H,30,31,34). The Labute approximate surface area is 211 Å². The van der Waals surface area contributed by atoms with Gasteiger partial charge in [-0.3, -0.25) is 19.5 Å². The number of likely N-dealkylation sites (tertiary alicyclic amines) is 1. The molecule has 0 saturated carbocycles. The molecule has 3 aromatic rings. The van der Waals surface area contributed by atoms with Crippen molar-refractivity contribution in [3.05, 3.63) is 53.2 Å². The van der Waals surface area contributed by atoms with Crippen LogP contribution in [-0.4, -0.2) is 57.6 Å². The fourth-order valence-electron chi connectivity index (χ4n) is 4.41. The number of imidazole rings is 1. The lowest BCUT2D eigenvalue weighted by Gasteiger charge is -2.26. The number of anilines is 1. The first-order chi connectivity index (χ1) is 17.5. The average Bonchev–Trinajstić information content (AvgIpc) is 3.24. The van der Waals surface area contributed by atoms with Gasteiger partial charge in [-0.1, -0.05) is 13.0 Å². The summed E-state index contributed by atoms with van der Waals surface area (Å²) in [5.41, 5.74) is 2.43. The summed E-state index contributed by atoms with van der Waals surface area (Å²) >= 11 is 0. The number of pyridine rings is 1. The largest absolute Gasteiger partial charge is 0.382 e. The molecular formula is C27H32N6O3. The van der Waals surface area contributed by atoms with Gasteiger partial charge < -0.3 is 9.64 Å². The van der Waals surface area contributed by atoms with Crippen molar-refractivity contribution in [1.29, 1.82) is 5.26 Å². The molecule has 1 fully saturated rings. The van der Waals surface area contributed by atoms with Crippen LogP contribution in [0.4, 0.5) is 5.95 Å².